The lowest BCUT2D eigenvalue weighted by Crippen LogP contribution is -2.52. The molecule has 2 aromatic carbocycles. The molecular formula is C40H51ClN8O5. The van der Waals surface area contributed by atoms with Crippen LogP contribution in [0.3, 0.4) is 0 Å². The highest BCUT2D eigenvalue weighted by atomic mass is 35.5. The Kier molecular flexibility index (Phi) is 13.7. The van der Waals surface area contributed by atoms with Crippen LogP contribution in [0.4, 0.5) is 10.5 Å². The van der Waals surface area contributed by atoms with E-state index in [1.807, 2.05) is 71.3 Å². The topological polar surface area (TPSA) is 169 Å². The van der Waals surface area contributed by atoms with Crippen LogP contribution in [-0.4, -0.2) is 88.4 Å². The van der Waals surface area contributed by atoms with Gasteiger partial charge in [0.1, 0.15) is 11.6 Å². The lowest BCUT2D eigenvalue weighted by molar-refractivity contribution is -0.127. The molecule has 0 radical (unpaired) electrons. The SMILES string of the molecule is CN(C)CCCOc1ccc(-c2cccc(C[C@@H](C(N)=O)N(C(=O)C3CCC(CNC(=O)OC(C)(C)C)CC3)c3ccc(-c4n[nH]c(Cl)n4)cc3)c2)cn1. The predicted molar refractivity (Wildman–Crippen MR) is 209 cm³/mol. The number of carbonyl (C=O) groups is 3. The van der Waals surface area contributed by atoms with Crippen LogP contribution in [0.1, 0.15) is 58.4 Å². The fraction of sp³-hybridized carbons (Fsp3) is 0.450. The highest BCUT2D eigenvalue weighted by Crippen LogP contribution is 2.34. The summed E-state index contributed by atoms with van der Waals surface area (Å²) >= 11 is 5.96. The molecule has 1 aliphatic rings. The van der Waals surface area contributed by atoms with E-state index in [1.54, 1.807) is 35.4 Å². The molecule has 14 heteroatoms. The van der Waals surface area contributed by atoms with Gasteiger partial charge in [-0.05, 0) is 126 Å². The number of aromatic amines is 1. The molecule has 288 valence electrons. The zero-order valence-corrected chi connectivity index (χ0v) is 32.4. The molecule has 5 rings (SSSR count). The van der Waals surface area contributed by atoms with E-state index in [1.165, 1.54) is 0 Å². The minimum atomic E-state index is -0.973. The van der Waals surface area contributed by atoms with Crippen molar-refractivity contribution in [3.05, 3.63) is 77.7 Å². The van der Waals surface area contributed by atoms with Crippen molar-refractivity contribution in [1.82, 2.24) is 30.4 Å². The van der Waals surface area contributed by atoms with Crippen LogP contribution in [0.2, 0.25) is 5.28 Å². The van der Waals surface area contributed by atoms with E-state index >= 15 is 0 Å². The van der Waals surface area contributed by atoms with Gasteiger partial charge in [-0.1, -0.05) is 24.3 Å². The average Bonchev–Trinajstić information content (AvgIpc) is 3.58. The van der Waals surface area contributed by atoms with Crippen molar-refractivity contribution in [3.63, 3.8) is 0 Å². The summed E-state index contributed by atoms with van der Waals surface area (Å²) in [6.45, 7) is 7.44. The molecule has 4 N–H and O–H groups in total. The quantitative estimate of drug-likeness (QED) is 0.118. The maximum absolute atomic E-state index is 14.5. The minimum Gasteiger partial charge on any atom is -0.478 e. The zero-order valence-electron chi connectivity index (χ0n) is 31.7. The second kappa shape index (κ2) is 18.4. The van der Waals surface area contributed by atoms with Gasteiger partial charge in [0.05, 0.1) is 6.61 Å². The summed E-state index contributed by atoms with van der Waals surface area (Å²) in [7, 11) is 4.06. The monoisotopic (exact) mass is 758 g/mol. The van der Waals surface area contributed by atoms with E-state index in [4.69, 9.17) is 26.8 Å². The second-order valence-corrected chi connectivity index (χ2v) is 15.4. The molecule has 13 nitrogen and oxygen atoms in total. The van der Waals surface area contributed by atoms with Crippen molar-refractivity contribution in [1.29, 1.82) is 0 Å². The molecule has 54 heavy (non-hydrogen) atoms. The van der Waals surface area contributed by atoms with Crippen molar-refractivity contribution >= 4 is 35.2 Å². The molecule has 1 fully saturated rings. The Bertz CT molecular complexity index is 1850. The van der Waals surface area contributed by atoms with Gasteiger partial charge < -0.3 is 25.4 Å². The number of amides is 3. The third-order valence-electron chi connectivity index (χ3n) is 9.29. The summed E-state index contributed by atoms with van der Waals surface area (Å²) in [5.41, 5.74) is 9.40. The lowest BCUT2D eigenvalue weighted by Gasteiger charge is -2.36. The van der Waals surface area contributed by atoms with Gasteiger partial charge in [0.2, 0.25) is 23.0 Å². The van der Waals surface area contributed by atoms with E-state index in [2.05, 4.69) is 30.4 Å². The number of nitrogens with one attached hydrogen (secondary N) is 2. The van der Waals surface area contributed by atoms with Crippen molar-refractivity contribution in [3.8, 4) is 28.4 Å². The van der Waals surface area contributed by atoms with Gasteiger partial charge in [0.15, 0.2) is 5.82 Å². The summed E-state index contributed by atoms with van der Waals surface area (Å²) < 4.78 is 11.2. The molecule has 0 unspecified atom stereocenters. The van der Waals surface area contributed by atoms with Gasteiger partial charge in [-0.2, -0.15) is 10.1 Å². The van der Waals surface area contributed by atoms with Gasteiger partial charge in [0, 0.05) is 54.5 Å². The number of halogens is 1. The Hall–Kier alpha value is -5.01. The summed E-state index contributed by atoms with van der Waals surface area (Å²) in [6.07, 6.45) is 5.09. The van der Waals surface area contributed by atoms with Gasteiger partial charge in [0.25, 0.3) is 0 Å². The molecule has 1 aliphatic carbocycles. The van der Waals surface area contributed by atoms with Gasteiger partial charge in [-0.3, -0.25) is 14.5 Å². The van der Waals surface area contributed by atoms with Crippen molar-refractivity contribution in [2.45, 2.75) is 70.9 Å². The zero-order chi connectivity index (χ0) is 38.8. The maximum Gasteiger partial charge on any atom is 0.407 e. The average molecular weight is 759 g/mol. The number of pyridine rings is 1. The first-order valence-corrected chi connectivity index (χ1v) is 18.7. The summed E-state index contributed by atoms with van der Waals surface area (Å²) in [4.78, 5) is 52.5. The number of hydrogen-bond donors (Lipinski definition) is 3. The molecule has 0 bridgehead atoms. The van der Waals surface area contributed by atoms with Crippen LogP contribution in [0.5, 0.6) is 5.88 Å². The molecular weight excluding hydrogens is 708 g/mol. The number of carbonyl (C=O) groups excluding carboxylic acids is 3. The number of nitrogens with two attached hydrogens (primary N) is 1. The minimum absolute atomic E-state index is 0.162. The molecule has 2 heterocycles. The Morgan fingerprint density at radius 1 is 1.00 bits per heavy atom. The third kappa shape index (κ3) is 11.5. The second-order valence-electron chi connectivity index (χ2n) is 15.0. The number of primary amides is 1. The van der Waals surface area contributed by atoms with E-state index in [-0.39, 0.29) is 29.4 Å². The number of alkyl carbamates (subject to hydrolysis) is 1. The van der Waals surface area contributed by atoms with Crippen LogP contribution >= 0.6 is 11.6 Å². The first-order chi connectivity index (χ1) is 25.8. The highest BCUT2D eigenvalue weighted by molar-refractivity contribution is 6.28. The van der Waals surface area contributed by atoms with E-state index < -0.39 is 23.6 Å². The van der Waals surface area contributed by atoms with Crippen LogP contribution < -0.4 is 20.7 Å². The summed E-state index contributed by atoms with van der Waals surface area (Å²) in [5, 5.41) is 9.78. The Morgan fingerprint density at radius 2 is 1.72 bits per heavy atom. The third-order valence-corrected chi connectivity index (χ3v) is 9.46. The number of aromatic nitrogens is 4. The number of nitrogens with zero attached hydrogens (tertiary/aromatic N) is 5. The van der Waals surface area contributed by atoms with Crippen LogP contribution in [0.15, 0.2) is 66.9 Å². The fourth-order valence-electron chi connectivity index (χ4n) is 6.57. The number of anilines is 1. The maximum atomic E-state index is 14.5. The van der Waals surface area contributed by atoms with E-state index in [0.29, 0.717) is 48.9 Å². The summed E-state index contributed by atoms with van der Waals surface area (Å²) in [6, 6.07) is 17.8. The lowest BCUT2D eigenvalue weighted by atomic mass is 9.81. The molecule has 4 aromatic rings. The molecule has 3 amide bonds. The van der Waals surface area contributed by atoms with Crippen LogP contribution in [0.25, 0.3) is 22.5 Å². The van der Waals surface area contributed by atoms with Gasteiger partial charge in [-0.25, -0.2) is 14.9 Å². The Labute approximate surface area is 322 Å². The molecule has 0 saturated heterocycles. The standard InChI is InChI=1S/C40H51ClN8O5/c1-40(2,3)54-39(52)44-24-26-10-12-29(13-11-26)37(51)49(32-17-14-28(15-18-32)36-45-38(41)47-46-36)33(35(42)50)23-27-8-6-9-30(22-27)31-16-19-34(43-25-31)53-21-7-20-48(4)5/h6,8-9,14-19,22,25-26,29,33H,7,10-13,20-21,23-24H2,1-5H3,(H2,42,50)(H,44,52)(H,45,46,47)/t26?,29?,33-/m0/s1. The highest BCUT2D eigenvalue weighted by Gasteiger charge is 2.36. The van der Waals surface area contributed by atoms with Gasteiger partial charge in [-0.15, -0.1) is 0 Å². The summed E-state index contributed by atoms with van der Waals surface area (Å²) in [5.74, 6) is 0.0397. The Balaban J connectivity index is 1.34. The number of benzene rings is 2. The predicted octanol–water partition coefficient (Wildman–Crippen LogP) is 6.28. The van der Waals surface area contributed by atoms with Crippen LogP contribution in [-0.2, 0) is 20.7 Å². The normalized spacial score (nSPS) is 16.4. The Morgan fingerprint density at radius 3 is 2.33 bits per heavy atom. The number of ether oxygens (including phenoxy) is 2. The molecule has 0 aliphatic heterocycles. The van der Waals surface area contributed by atoms with Gasteiger partial charge >= 0.3 is 6.09 Å². The molecule has 0 spiro atoms. The molecule has 2 aromatic heterocycles. The number of H-pyrrole nitrogens is 1. The molecule has 1 atom stereocenters. The fourth-order valence-corrected chi connectivity index (χ4v) is 6.69. The van der Waals surface area contributed by atoms with E-state index in [0.717, 1.165) is 42.5 Å². The first-order valence-electron chi connectivity index (χ1n) is 18.4. The smallest absolute Gasteiger partial charge is 0.407 e. The number of hydrogen-bond acceptors (Lipinski definition) is 9. The molecule has 1 saturated carbocycles. The first kappa shape index (κ1) is 40.2. The van der Waals surface area contributed by atoms with E-state index in [9.17, 15) is 14.4 Å². The van der Waals surface area contributed by atoms with Crippen molar-refractivity contribution < 1.29 is 23.9 Å². The van der Waals surface area contributed by atoms with Crippen molar-refractivity contribution in [2.75, 3.05) is 38.7 Å². The van der Waals surface area contributed by atoms with Crippen molar-refractivity contribution in [2.24, 2.45) is 17.6 Å². The van der Waals surface area contributed by atoms with Crippen LogP contribution in [0, 0.1) is 11.8 Å². The largest absolute Gasteiger partial charge is 0.478 e. The number of rotatable bonds is 15.